The van der Waals surface area contributed by atoms with Crippen molar-refractivity contribution in [3.8, 4) is 0 Å². The van der Waals surface area contributed by atoms with Gasteiger partial charge < -0.3 is 5.32 Å². The summed E-state index contributed by atoms with van der Waals surface area (Å²) in [5.41, 5.74) is 1.24. The lowest BCUT2D eigenvalue weighted by molar-refractivity contribution is 0.743. The zero-order valence-electron chi connectivity index (χ0n) is 9.05. The molecule has 0 amide bonds. The van der Waals surface area contributed by atoms with Crippen molar-refractivity contribution in [2.45, 2.75) is 31.1 Å². The zero-order chi connectivity index (χ0) is 10.2. The molecule has 2 heteroatoms. The first-order valence-electron chi connectivity index (χ1n) is 5.24. The Morgan fingerprint density at radius 3 is 2.86 bits per heavy atom. The third-order valence-electron chi connectivity index (χ3n) is 2.18. The van der Waals surface area contributed by atoms with Crippen LogP contribution in [0.4, 0.5) is 5.69 Å². The topological polar surface area (TPSA) is 12.0 Å². The summed E-state index contributed by atoms with van der Waals surface area (Å²) in [6.45, 7) is 3.32. The van der Waals surface area contributed by atoms with E-state index in [4.69, 9.17) is 0 Å². The van der Waals surface area contributed by atoms with Crippen molar-refractivity contribution in [1.29, 1.82) is 0 Å². The normalized spacial score (nSPS) is 10.1. The van der Waals surface area contributed by atoms with Crippen LogP contribution in [0.5, 0.6) is 0 Å². The summed E-state index contributed by atoms with van der Waals surface area (Å²) in [6.07, 6.45) is 5.97. The largest absolute Gasteiger partial charge is 0.385 e. The molecule has 1 nitrogen and oxygen atoms in total. The number of thioether (sulfide) groups is 1. The molecule has 1 N–H and O–H groups in total. The van der Waals surface area contributed by atoms with Crippen LogP contribution in [0.2, 0.25) is 0 Å². The van der Waals surface area contributed by atoms with Gasteiger partial charge in [-0.15, -0.1) is 11.8 Å². The van der Waals surface area contributed by atoms with Crippen LogP contribution in [0, 0.1) is 0 Å². The molecule has 0 aliphatic heterocycles. The molecule has 1 aromatic rings. The Hall–Kier alpha value is -0.630. The molecule has 14 heavy (non-hydrogen) atoms. The van der Waals surface area contributed by atoms with E-state index in [0.717, 1.165) is 6.54 Å². The Bertz CT molecular complexity index is 260. The summed E-state index contributed by atoms with van der Waals surface area (Å²) in [6, 6.07) is 8.58. The summed E-state index contributed by atoms with van der Waals surface area (Å²) in [5.74, 6) is 0. The van der Waals surface area contributed by atoms with Crippen LogP contribution >= 0.6 is 11.8 Å². The molecule has 0 bridgehead atoms. The number of unbranched alkanes of at least 4 members (excludes halogenated alkanes) is 2. The minimum absolute atomic E-state index is 1.09. The second-order valence-electron chi connectivity index (χ2n) is 3.37. The molecule has 1 rings (SSSR count). The third kappa shape index (κ3) is 4.05. The van der Waals surface area contributed by atoms with Crippen molar-refractivity contribution in [2.24, 2.45) is 0 Å². The highest BCUT2D eigenvalue weighted by Gasteiger charge is 1.93. The number of anilines is 1. The van der Waals surface area contributed by atoms with E-state index in [1.807, 2.05) is 0 Å². The van der Waals surface area contributed by atoms with Gasteiger partial charge in [0, 0.05) is 17.1 Å². The average Bonchev–Trinajstić information content (AvgIpc) is 2.25. The first-order valence-corrected chi connectivity index (χ1v) is 6.47. The second kappa shape index (κ2) is 6.77. The molecule has 1 aromatic carbocycles. The van der Waals surface area contributed by atoms with Gasteiger partial charge in [0.25, 0.3) is 0 Å². The van der Waals surface area contributed by atoms with E-state index in [1.165, 1.54) is 29.8 Å². The van der Waals surface area contributed by atoms with Gasteiger partial charge in [-0.1, -0.05) is 25.8 Å². The van der Waals surface area contributed by atoms with Gasteiger partial charge in [0.1, 0.15) is 0 Å². The van der Waals surface area contributed by atoms with Gasteiger partial charge in [0.15, 0.2) is 0 Å². The average molecular weight is 209 g/mol. The molecular formula is C12H19NS. The van der Waals surface area contributed by atoms with E-state index in [9.17, 15) is 0 Å². The van der Waals surface area contributed by atoms with Crippen molar-refractivity contribution in [1.82, 2.24) is 0 Å². The fraction of sp³-hybridized carbons (Fsp3) is 0.500. The van der Waals surface area contributed by atoms with Crippen LogP contribution in [0.3, 0.4) is 0 Å². The lowest BCUT2D eigenvalue weighted by Gasteiger charge is -2.06. The van der Waals surface area contributed by atoms with Crippen LogP contribution in [-0.4, -0.2) is 12.8 Å². The summed E-state index contributed by atoms with van der Waals surface area (Å²) in [7, 11) is 0. The van der Waals surface area contributed by atoms with E-state index in [2.05, 4.69) is 42.8 Å². The quantitative estimate of drug-likeness (QED) is 0.561. The summed E-state index contributed by atoms with van der Waals surface area (Å²) < 4.78 is 0. The molecule has 0 unspecified atom stereocenters. The maximum Gasteiger partial charge on any atom is 0.0351 e. The Kier molecular flexibility index (Phi) is 5.53. The summed E-state index contributed by atoms with van der Waals surface area (Å²) >= 11 is 1.79. The summed E-state index contributed by atoms with van der Waals surface area (Å²) in [5, 5.41) is 3.44. The third-order valence-corrected chi connectivity index (χ3v) is 2.90. The molecule has 0 atom stereocenters. The predicted molar refractivity (Wildman–Crippen MR) is 66.2 cm³/mol. The predicted octanol–water partition coefficient (Wildman–Crippen LogP) is 4.01. The van der Waals surface area contributed by atoms with Crippen molar-refractivity contribution in [2.75, 3.05) is 18.1 Å². The van der Waals surface area contributed by atoms with Crippen LogP contribution in [0.15, 0.2) is 29.2 Å². The van der Waals surface area contributed by atoms with Gasteiger partial charge in [-0.3, -0.25) is 0 Å². The lowest BCUT2D eigenvalue weighted by atomic mass is 10.2. The zero-order valence-corrected chi connectivity index (χ0v) is 9.86. The smallest absolute Gasteiger partial charge is 0.0351 e. The number of nitrogens with one attached hydrogen (secondary N) is 1. The van der Waals surface area contributed by atoms with Crippen molar-refractivity contribution in [3.05, 3.63) is 24.3 Å². The Morgan fingerprint density at radius 2 is 2.14 bits per heavy atom. The molecule has 78 valence electrons. The molecule has 0 aliphatic carbocycles. The molecule has 0 aromatic heterocycles. The van der Waals surface area contributed by atoms with Gasteiger partial charge in [0.2, 0.25) is 0 Å². The van der Waals surface area contributed by atoms with Gasteiger partial charge in [-0.2, -0.15) is 0 Å². The van der Waals surface area contributed by atoms with Crippen molar-refractivity contribution >= 4 is 17.4 Å². The fourth-order valence-corrected chi connectivity index (χ4v) is 1.80. The number of rotatable bonds is 6. The maximum absolute atomic E-state index is 3.44. The standard InChI is InChI=1S/C12H19NS/c1-3-4-5-9-13-11-7-6-8-12(10-11)14-2/h6-8,10,13H,3-5,9H2,1-2H3. The molecular weight excluding hydrogens is 190 g/mol. The second-order valence-corrected chi connectivity index (χ2v) is 4.25. The first kappa shape index (κ1) is 11.4. The maximum atomic E-state index is 3.44. The molecule has 0 heterocycles. The molecule has 0 saturated heterocycles. The van der Waals surface area contributed by atoms with E-state index in [0.29, 0.717) is 0 Å². The van der Waals surface area contributed by atoms with Crippen molar-refractivity contribution < 1.29 is 0 Å². The monoisotopic (exact) mass is 209 g/mol. The van der Waals surface area contributed by atoms with Crippen LogP contribution in [0.1, 0.15) is 26.2 Å². The van der Waals surface area contributed by atoms with E-state index in [1.54, 1.807) is 11.8 Å². The fourth-order valence-electron chi connectivity index (χ4n) is 1.34. The highest BCUT2D eigenvalue weighted by Crippen LogP contribution is 2.18. The number of hydrogen-bond donors (Lipinski definition) is 1. The van der Waals surface area contributed by atoms with Gasteiger partial charge in [-0.25, -0.2) is 0 Å². The number of benzene rings is 1. The minimum atomic E-state index is 1.09. The van der Waals surface area contributed by atoms with E-state index < -0.39 is 0 Å². The first-order chi connectivity index (χ1) is 6.86. The van der Waals surface area contributed by atoms with Gasteiger partial charge in [0.05, 0.1) is 0 Å². The van der Waals surface area contributed by atoms with Crippen LogP contribution in [-0.2, 0) is 0 Å². The highest BCUT2D eigenvalue weighted by molar-refractivity contribution is 7.98. The van der Waals surface area contributed by atoms with Gasteiger partial charge >= 0.3 is 0 Å². The molecule has 0 spiro atoms. The minimum Gasteiger partial charge on any atom is -0.385 e. The summed E-state index contributed by atoms with van der Waals surface area (Å²) in [4.78, 5) is 1.32. The van der Waals surface area contributed by atoms with E-state index >= 15 is 0 Å². The van der Waals surface area contributed by atoms with Crippen molar-refractivity contribution in [3.63, 3.8) is 0 Å². The van der Waals surface area contributed by atoms with Crippen LogP contribution < -0.4 is 5.32 Å². The SMILES string of the molecule is CCCCCNc1cccc(SC)c1. The molecule has 0 aliphatic rings. The Balaban J connectivity index is 2.34. The van der Waals surface area contributed by atoms with Crippen LogP contribution in [0.25, 0.3) is 0 Å². The molecule has 0 fully saturated rings. The van der Waals surface area contributed by atoms with Gasteiger partial charge in [-0.05, 0) is 30.9 Å². The molecule has 0 radical (unpaired) electrons. The number of hydrogen-bond acceptors (Lipinski definition) is 2. The Labute approximate surface area is 91.3 Å². The van der Waals surface area contributed by atoms with E-state index in [-0.39, 0.29) is 0 Å². The molecule has 0 saturated carbocycles. The highest BCUT2D eigenvalue weighted by atomic mass is 32.2. The Morgan fingerprint density at radius 1 is 1.29 bits per heavy atom. The lowest BCUT2D eigenvalue weighted by Crippen LogP contribution is -2.00.